The Morgan fingerprint density at radius 2 is 1.68 bits per heavy atom. The van der Waals surface area contributed by atoms with E-state index in [1.165, 1.54) is 6.07 Å². The van der Waals surface area contributed by atoms with E-state index in [2.05, 4.69) is 9.71 Å². The fourth-order valence-corrected chi connectivity index (χ4v) is 5.09. The average molecular weight is 405 g/mol. The van der Waals surface area contributed by atoms with Gasteiger partial charge in [-0.05, 0) is 38.0 Å². The molecular weight excluding hydrogens is 379 g/mol. The fourth-order valence-electron chi connectivity index (χ4n) is 3.42. The van der Waals surface area contributed by atoms with Gasteiger partial charge in [-0.15, -0.1) is 0 Å². The molecule has 2 atom stereocenters. The molecule has 2 aromatic carbocycles. The number of rotatable bonds is 4. The van der Waals surface area contributed by atoms with Crippen LogP contribution in [-0.4, -0.2) is 26.6 Å². The molecule has 0 radical (unpaired) electrons. The molecule has 1 N–H and O–H groups in total. The number of hydrogen-bond acceptors (Lipinski definition) is 4. The normalized spacial score (nSPS) is 25.5. The maximum absolute atomic E-state index is 13.9. The molecule has 1 heterocycles. The molecule has 0 spiro atoms. The highest BCUT2D eigenvalue weighted by Gasteiger charge is 2.58. The first-order valence-corrected chi connectivity index (χ1v) is 10.6. The Morgan fingerprint density at radius 3 is 2.29 bits per heavy atom. The summed E-state index contributed by atoms with van der Waals surface area (Å²) in [6.07, 6.45) is 0. The average Bonchev–Trinajstić information content (AvgIpc) is 2.64. The lowest BCUT2D eigenvalue weighted by Crippen LogP contribution is -2.63. The number of benzene rings is 2. The third-order valence-electron chi connectivity index (χ3n) is 5.53. The number of ether oxygens (including phenoxy) is 1. The SMILES string of the molecule is CC(CN=C1NS(=O)(=O)C(C)(c2ccccc2)C(C)(C)O1)c1ccccc1F. The monoisotopic (exact) mass is 404 g/mol. The number of halogens is 1. The van der Waals surface area contributed by atoms with Crippen molar-refractivity contribution in [2.45, 2.75) is 44.0 Å². The van der Waals surface area contributed by atoms with Gasteiger partial charge in [0, 0.05) is 5.92 Å². The molecule has 3 rings (SSSR count). The highest BCUT2D eigenvalue weighted by molar-refractivity contribution is 7.91. The van der Waals surface area contributed by atoms with E-state index in [4.69, 9.17) is 4.74 Å². The zero-order valence-electron chi connectivity index (χ0n) is 16.4. The molecule has 0 saturated carbocycles. The number of aliphatic imine (C=N–C) groups is 1. The lowest BCUT2D eigenvalue weighted by Gasteiger charge is -2.47. The fraction of sp³-hybridized carbons (Fsp3) is 0.381. The molecule has 5 nitrogen and oxygen atoms in total. The highest BCUT2D eigenvalue weighted by atomic mass is 32.2. The van der Waals surface area contributed by atoms with Crippen LogP contribution in [-0.2, 0) is 19.5 Å². The van der Waals surface area contributed by atoms with E-state index in [0.29, 0.717) is 11.1 Å². The first-order chi connectivity index (χ1) is 13.1. The van der Waals surface area contributed by atoms with Gasteiger partial charge in [-0.2, -0.15) is 0 Å². The number of amidine groups is 1. The lowest BCUT2D eigenvalue weighted by atomic mass is 9.85. The van der Waals surface area contributed by atoms with Crippen molar-refractivity contribution in [3.63, 3.8) is 0 Å². The molecule has 0 bridgehead atoms. The predicted octanol–water partition coefficient (Wildman–Crippen LogP) is 3.93. The molecule has 7 heteroatoms. The second kappa shape index (κ2) is 7.20. The lowest BCUT2D eigenvalue weighted by molar-refractivity contribution is 0.0387. The summed E-state index contributed by atoms with van der Waals surface area (Å²) in [7, 11) is -3.83. The molecule has 0 aromatic heterocycles. The van der Waals surface area contributed by atoms with Crippen LogP contribution < -0.4 is 4.72 Å². The Kier molecular flexibility index (Phi) is 5.23. The summed E-state index contributed by atoms with van der Waals surface area (Å²) in [6.45, 7) is 7.13. The van der Waals surface area contributed by atoms with Crippen molar-refractivity contribution < 1.29 is 17.5 Å². The van der Waals surface area contributed by atoms with Crippen LogP contribution in [0.3, 0.4) is 0 Å². The van der Waals surface area contributed by atoms with Crippen molar-refractivity contribution in [1.82, 2.24) is 4.72 Å². The minimum absolute atomic E-state index is 0.0680. The van der Waals surface area contributed by atoms with Gasteiger partial charge in [-0.25, -0.2) is 22.5 Å². The molecule has 0 amide bonds. The minimum Gasteiger partial charge on any atom is -0.456 e. The number of nitrogens with one attached hydrogen (secondary N) is 1. The van der Waals surface area contributed by atoms with Crippen LogP contribution in [0.25, 0.3) is 0 Å². The van der Waals surface area contributed by atoms with E-state index >= 15 is 0 Å². The Morgan fingerprint density at radius 1 is 1.07 bits per heavy atom. The Labute approximate surface area is 165 Å². The standard InChI is InChI=1S/C21H25FN2O3S/c1-15(17-12-8-9-13-18(17)22)14-23-19-24-28(25,26)21(4,20(2,3)27-19)16-10-6-5-7-11-16/h5-13,15H,14H2,1-4H3,(H,23,24). The van der Waals surface area contributed by atoms with Crippen LogP contribution in [0, 0.1) is 5.82 Å². The van der Waals surface area contributed by atoms with Crippen molar-refractivity contribution in [3.05, 3.63) is 71.5 Å². The molecule has 28 heavy (non-hydrogen) atoms. The van der Waals surface area contributed by atoms with Crippen LogP contribution in [0.1, 0.15) is 44.7 Å². The topological polar surface area (TPSA) is 67.8 Å². The summed E-state index contributed by atoms with van der Waals surface area (Å²) < 4.78 is 47.4. The molecule has 1 aliphatic heterocycles. The summed E-state index contributed by atoms with van der Waals surface area (Å²) in [4.78, 5) is 4.29. The van der Waals surface area contributed by atoms with E-state index in [0.717, 1.165) is 0 Å². The Balaban J connectivity index is 1.89. The molecule has 150 valence electrons. The summed E-state index contributed by atoms with van der Waals surface area (Å²) in [5, 5.41) is 0. The zero-order valence-corrected chi connectivity index (χ0v) is 17.3. The molecule has 1 saturated heterocycles. The van der Waals surface area contributed by atoms with Crippen LogP contribution in [0.15, 0.2) is 59.6 Å². The molecular formula is C21H25FN2O3S. The van der Waals surface area contributed by atoms with Crippen molar-refractivity contribution in [2.24, 2.45) is 4.99 Å². The van der Waals surface area contributed by atoms with Crippen molar-refractivity contribution in [1.29, 1.82) is 0 Å². The number of nitrogens with zero attached hydrogens (tertiary/aromatic N) is 1. The molecule has 2 aromatic rings. The van der Waals surface area contributed by atoms with E-state index in [1.807, 2.05) is 13.0 Å². The van der Waals surface area contributed by atoms with Crippen molar-refractivity contribution in [3.8, 4) is 0 Å². The van der Waals surface area contributed by atoms with E-state index in [9.17, 15) is 12.8 Å². The maximum atomic E-state index is 13.9. The first kappa shape index (κ1) is 20.3. The second-order valence-corrected chi connectivity index (χ2v) is 9.71. The third kappa shape index (κ3) is 3.39. The van der Waals surface area contributed by atoms with Crippen LogP contribution >= 0.6 is 0 Å². The molecule has 0 aliphatic carbocycles. The van der Waals surface area contributed by atoms with Gasteiger partial charge in [-0.1, -0.05) is 55.5 Å². The van der Waals surface area contributed by atoms with Gasteiger partial charge in [0.25, 0.3) is 6.02 Å². The summed E-state index contributed by atoms with van der Waals surface area (Å²) in [5.41, 5.74) is 0.0866. The highest BCUT2D eigenvalue weighted by Crippen LogP contribution is 2.44. The van der Waals surface area contributed by atoms with Gasteiger partial charge in [0.2, 0.25) is 10.0 Å². The number of sulfonamides is 1. The first-order valence-electron chi connectivity index (χ1n) is 9.14. The van der Waals surface area contributed by atoms with Crippen molar-refractivity contribution in [2.75, 3.05) is 6.54 Å². The van der Waals surface area contributed by atoms with Crippen LogP contribution in [0.5, 0.6) is 0 Å². The predicted molar refractivity (Wildman–Crippen MR) is 108 cm³/mol. The number of hydrogen-bond donors (Lipinski definition) is 1. The molecule has 1 aliphatic rings. The quantitative estimate of drug-likeness (QED) is 0.840. The van der Waals surface area contributed by atoms with Gasteiger partial charge in [-0.3, -0.25) is 0 Å². The smallest absolute Gasteiger partial charge is 0.299 e. The van der Waals surface area contributed by atoms with Gasteiger partial charge >= 0.3 is 0 Å². The van der Waals surface area contributed by atoms with Gasteiger partial charge in [0.1, 0.15) is 11.4 Å². The van der Waals surface area contributed by atoms with E-state index < -0.39 is 20.4 Å². The third-order valence-corrected chi connectivity index (χ3v) is 7.77. The van der Waals surface area contributed by atoms with Gasteiger partial charge in [0.15, 0.2) is 4.75 Å². The largest absolute Gasteiger partial charge is 0.456 e. The Hall–Kier alpha value is -2.41. The zero-order chi connectivity index (χ0) is 20.6. The molecule has 2 unspecified atom stereocenters. The minimum atomic E-state index is -3.83. The van der Waals surface area contributed by atoms with E-state index in [1.54, 1.807) is 63.2 Å². The maximum Gasteiger partial charge on any atom is 0.299 e. The van der Waals surface area contributed by atoms with Gasteiger partial charge < -0.3 is 4.74 Å². The molecule has 1 fully saturated rings. The van der Waals surface area contributed by atoms with E-state index in [-0.39, 0.29) is 24.3 Å². The Bertz CT molecular complexity index is 990. The summed E-state index contributed by atoms with van der Waals surface area (Å²) >= 11 is 0. The van der Waals surface area contributed by atoms with Crippen LogP contribution in [0.4, 0.5) is 4.39 Å². The van der Waals surface area contributed by atoms with Crippen molar-refractivity contribution >= 4 is 16.0 Å². The van der Waals surface area contributed by atoms with Gasteiger partial charge in [0.05, 0.1) is 6.54 Å². The summed E-state index contributed by atoms with van der Waals surface area (Å²) in [5.74, 6) is -0.537. The van der Waals surface area contributed by atoms with Crippen LogP contribution in [0.2, 0.25) is 0 Å². The second-order valence-electron chi connectivity index (χ2n) is 7.69. The summed E-state index contributed by atoms with van der Waals surface area (Å²) in [6, 6.07) is 15.4.